The first-order valence-corrected chi connectivity index (χ1v) is 2.83. The van der Waals surface area contributed by atoms with Crippen LogP contribution in [0.2, 0.25) is 0 Å². The van der Waals surface area contributed by atoms with E-state index in [4.69, 9.17) is 0 Å². The van der Waals surface area contributed by atoms with Gasteiger partial charge in [0.1, 0.15) is 5.92 Å². The van der Waals surface area contributed by atoms with Crippen LogP contribution < -0.4 is 0 Å². The van der Waals surface area contributed by atoms with Crippen LogP contribution in [0.5, 0.6) is 0 Å². The number of dihydropyridines is 1. The molecule has 1 atom stereocenters. The van der Waals surface area contributed by atoms with Crippen LogP contribution in [0, 0.1) is 5.92 Å². The minimum absolute atomic E-state index is 0.600. The van der Waals surface area contributed by atoms with Gasteiger partial charge in [0.05, 0.1) is 0 Å². The number of aliphatic imine (C=N–C) groups is 1. The van der Waals surface area contributed by atoms with Crippen LogP contribution in [0.4, 0.5) is 13.2 Å². The van der Waals surface area contributed by atoms with Gasteiger partial charge in [-0.05, 0) is 0 Å². The number of amides is 1. The number of rotatable bonds is 0. The summed E-state index contributed by atoms with van der Waals surface area (Å²) in [5.41, 5.74) is 0. The van der Waals surface area contributed by atoms with E-state index in [1.807, 2.05) is 0 Å². The molecule has 0 saturated carbocycles. The van der Waals surface area contributed by atoms with E-state index in [2.05, 4.69) is 4.99 Å². The van der Waals surface area contributed by atoms with Gasteiger partial charge in [-0.2, -0.15) is 13.2 Å². The lowest BCUT2D eigenvalue weighted by molar-refractivity contribution is -0.143. The zero-order chi connectivity index (χ0) is 8.48. The maximum absolute atomic E-state index is 11.8. The van der Waals surface area contributed by atoms with Crippen molar-refractivity contribution < 1.29 is 18.0 Å². The largest absolute Gasteiger partial charge is 0.400 e. The Labute approximate surface area is 60.4 Å². The molecule has 1 heterocycles. The predicted molar refractivity (Wildman–Crippen MR) is 32.2 cm³/mol. The number of hydrogen-bond acceptors (Lipinski definition) is 1. The van der Waals surface area contributed by atoms with Crippen molar-refractivity contribution >= 4 is 12.1 Å². The summed E-state index contributed by atoms with van der Waals surface area (Å²) < 4.78 is 35.4. The predicted octanol–water partition coefficient (Wildman–Crippen LogP) is 1.33. The summed E-state index contributed by atoms with van der Waals surface area (Å²) in [5.74, 6) is -2.36. The number of hydrogen-bond donors (Lipinski definition) is 0. The number of allylic oxidation sites excluding steroid dienone is 1. The summed E-state index contributed by atoms with van der Waals surface area (Å²) in [4.78, 5) is 13.3. The van der Waals surface area contributed by atoms with Gasteiger partial charge in [-0.15, -0.1) is 0 Å². The first-order chi connectivity index (χ1) is 5.00. The quantitative estimate of drug-likeness (QED) is 0.529. The third kappa shape index (κ3) is 1.89. The van der Waals surface area contributed by atoms with E-state index in [-0.39, 0.29) is 0 Å². The standard InChI is InChI=1S/C6H4F3NO/c7-6(8,9)4-1-2-5(11)10-3-4/h1-4H. The summed E-state index contributed by atoms with van der Waals surface area (Å²) in [6.45, 7) is 0. The van der Waals surface area contributed by atoms with Crippen molar-refractivity contribution in [2.75, 3.05) is 0 Å². The molecule has 1 aliphatic heterocycles. The number of carbonyl (C=O) groups is 1. The van der Waals surface area contributed by atoms with Crippen molar-refractivity contribution in [3.05, 3.63) is 12.2 Å². The number of nitrogens with zero attached hydrogens (tertiary/aromatic N) is 1. The molecular formula is C6H4F3NO. The fourth-order valence-electron chi connectivity index (χ4n) is 0.626. The molecule has 0 aromatic heterocycles. The van der Waals surface area contributed by atoms with Gasteiger partial charge in [0.25, 0.3) is 5.91 Å². The molecule has 11 heavy (non-hydrogen) atoms. The lowest BCUT2D eigenvalue weighted by atomic mass is 10.1. The molecule has 0 saturated heterocycles. The summed E-state index contributed by atoms with van der Waals surface area (Å²) >= 11 is 0. The zero-order valence-electron chi connectivity index (χ0n) is 5.30. The minimum atomic E-state index is -4.33. The maximum atomic E-state index is 11.8. The van der Waals surface area contributed by atoms with Crippen molar-refractivity contribution in [2.45, 2.75) is 6.18 Å². The van der Waals surface area contributed by atoms with Gasteiger partial charge in [0.2, 0.25) is 0 Å². The second kappa shape index (κ2) is 2.48. The minimum Gasteiger partial charge on any atom is -0.268 e. The van der Waals surface area contributed by atoms with Gasteiger partial charge < -0.3 is 0 Å². The third-order valence-corrected chi connectivity index (χ3v) is 1.19. The second-order valence-corrected chi connectivity index (χ2v) is 2.04. The van der Waals surface area contributed by atoms with E-state index in [1.54, 1.807) is 0 Å². The third-order valence-electron chi connectivity index (χ3n) is 1.19. The Balaban J connectivity index is 2.73. The highest BCUT2D eigenvalue weighted by Crippen LogP contribution is 2.26. The van der Waals surface area contributed by atoms with E-state index < -0.39 is 18.0 Å². The first kappa shape index (κ1) is 7.97. The number of carbonyl (C=O) groups excluding carboxylic acids is 1. The van der Waals surface area contributed by atoms with E-state index in [0.717, 1.165) is 12.2 Å². The molecule has 0 bridgehead atoms. The Morgan fingerprint density at radius 1 is 1.45 bits per heavy atom. The van der Waals surface area contributed by atoms with E-state index in [0.29, 0.717) is 6.21 Å². The van der Waals surface area contributed by atoms with Crippen molar-refractivity contribution in [2.24, 2.45) is 10.9 Å². The highest BCUT2D eigenvalue weighted by Gasteiger charge is 2.37. The van der Waals surface area contributed by atoms with Crippen LogP contribution in [-0.2, 0) is 4.79 Å². The van der Waals surface area contributed by atoms with Gasteiger partial charge in [-0.3, -0.25) is 4.79 Å². The molecule has 5 heteroatoms. The van der Waals surface area contributed by atoms with Gasteiger partial charge in [0, 0.05) is 12.3 Å². The van der Waals surface area contributed by atoms with Gasteiger partial charge in [0.15, 0.2) is 0 Å². The van der Waals surface area contributed by atoms with Crippen LogP contribution in [0.15, 0.2) is 17.1 Å². The monoisotopic (exact) mass is 163 g/mol. The molecular weight excluding hydrogens is 159 g/mol. The maximum Gasteiger partial charge on any atom is 0.400 e. The normalized spacial score (nSPS) is 24.3. The molecule has 0 spiro atoms. The molecule has 0 radical (unpaired) electrons. The highest BCUT2D eigenvalue weighted by molar-refractivity contribution is 5.97. The lowest BCUT2D eigenvalue weighted by Gasteiger charge is -2.12. The molecule has 0 N–H and O–H groups in total. The Morgan fingerprint density at radius 2 is 2.09 bits per heavy atom. The van der Waals surface area contributed by atoms with Crippen molar-refractivity contribution in [1.29, 1.82) is 0 Å². The topological polar surface area (TPSA) is 29.4 Å². The molecule has 2 nitrogen and oxygen atoms in total. The fraction of sp³-hybridized carbons (Fsp3) is 0.333. The Kier molecular flexibility index (Phi) is 1.80. The van der Waals surface area contributed by atoms with Crippen molar-refractivity contribution in [3.8, 4) is 0 Å². The van der Waals surface area contributed by atoms with E-state index in [9.17, 15) is 18.0 Å². The lowest BCUT2D eigenvalue weighted by Crippen LogP contribution is -2.24. The van der Waals surface area contributed by atoms with E-state index >= 15 is 0 Å². The Hall–Kier alpha value is -1.13. The summed E-state index contributed by atoms with van der Waals surface area (Å²) in [6, 6.07) is 0. The highest BCUT2D eigenvalue weighted by atomic mass is 19.4. The second-order valence-electron chi connectivity index (χ2n) is 2.04. The van der Waals surface area contributed by atoms with E-state index in [1.165, 1.54) is 0 Å². The SMILES string of the molecule is O=C1C=CC(C(F)(F)F)C=N1. The summed E-state index contributed by atoms with van der Waals surface area (Å²) in [5, 5.41) is 0. The first-order valence-electron chi connectivity index (χ1n) is 2.83. The zero-order valence-corrected chi connectivity index (χ0v) is 5.30. The average Bonchev–Trinajstić information content (AvgIpc) is 1.86. The van der Waals surface area contributed by atoms with Crippen molar-refractivity contribution in [3.63, 3.8) is 0 Å². The molecule has 60 valence electrons. The summed E-state index contributed by atoms with van der Waals surface area (Å²) in [6.07, 6.45) is -2.13. The smallest absolute Gasteiger partial charge is 0.268 e. The molecule has 0 aromatic rings. The molecule has 0 aromatic carbocycles. The Bertz CT molecular complexity index is 212. The molecule has 0 aliphatic carbocycles. The Morgan fingerprint density at radius 3 is 2.45 bits per heavy atom. The van der Waals surface area contributed by atoms with Gasteiger partial charge in [-0.1, -0.05) is 6.08 Å². The molecule has 1 unspecified atom stereocenters. The van der Waals surface area contributed by atoms with Crippen LogP contribution in [0.1, 0.15) is 0 Å². The summed E-state index contributed by atoms with van der Waals surface area (Å²) in [7, 11) is 0. The van der Waals surface area contributed by atoms with Crippen LogP contribution in [0.3, 0.4) is 0 Å². The van der Waals surface area contributed by atoms with Crippen molar-refractivity contribution in [1.82, 2.24) is 0 Å². The van der Waals surface area contributed by atoms with Crippen LogP contribution in [0.25, 0.3) is 0 Å². The number of alkyl halides is 3. The number of halogens is 3. The van der Waals surface area contributed by atoms with Gasteiger partial charge >= 0.3 is 6.18 Å². The average molecular weight is 163 g/mol. The molecule has 1 amide bonds. The molecule has 1 aliphatic rings. The van der Waals surface area contributed by atoms with Crippen LogP contribution in [-0.4, -0.2) is 18.3 Å². The van der Waals surface area contributed by atoms with Crippen LogP contribution >= 0.6 is 0 Å². The fourth-order valence-corrected chi connectivity index (χ4v) is 0.626. The van der Waals surface area contributed by atoms with Gasteiger partial charge in [-0.25, -0.2) is 4.99 Å². The molecule has 1 rings (SSSR count). The molecule has 0 fully saturated rings.